The molecule has 0 saturated heterocycles. The van der Waals surface area contributed by atoms with Gasteiger partial charge in [0.15, 0.2) is 5.78 Å². The maximum Gasteiger partial charge on any atom is 0.243 e. The number of hydrogen-bond acceptors (Lipinski definition) is 3. The fourth-order valence-electron chi connectivity index (χ4n) is 1.96. The lowest BCUT2D eigenvalue weighted by molar-refractivity contribution is 0.0980. The summed E-state index contributed by atoms with van der Waals surface area (Å²) in [6, 6.07) is 14.0. The molecular formula is C16H16FNO3S. The number of sulfonamides is 1. The van der Waals surface area contributed by atoms with Crippen LogP contribution in [0.15, 0.2) is 59.5 Å². The van der Waals surface area contributed by atoms with Gasteiger partial charge in [-0.2, -0.15) is 0 Å². The fourth-order valence-corrected chi connectivity index (χ4v) is 3.12. The molecule has 0 atom stereocenters. The number of Topliss-reactive ketones (excluding diaryl/α,β-unsaturated/α-hetero) is 1. The summed E-state index contributed by atoms with van der Waals surface area (Å²) < 4.78 is 39.6. The Morgan fingerprint density at radius 3 is 2.32 bits per heavy atom. The van der Waals surface area contributed by atoms with Crippen LogP contribution in [0.2, 0.25) is 0 Å². The molecule has 1 N–H and O–H groups in total. The van der Waals surface area contributed by atoms with Gasteiger partial charge in [0, 0.05) is 18.5 Å². The van der Waals surface area contributed by atoms with Gasteiger partial charge in [0.1, 0.15) is 10.7 Å². The quantitative estimate of drug-likeness (QED) is 0.630. The zero-order valence-electron chi connectivity index (χ0n) is 11.8. The first-order valence-corrected chi connectivity index (χ1v) is 8.31. The molecule has 0 aliphatic rings. The second-order valence-corrected chi connectivity index (χ2v) is 6.46. The molecule has 0 aromatic heterocycles. The van der Waals surface area contributed by atoms with Crippen molar-refractivity contribution in [3.8, 4) is 0 Å². The molecule has 0 saturated carbocycles. The Labute approximate surface area is 129 Å². The van der Waals surface area contributed by atoms with E-state index in [0.717, 1.165) is 6.07 Å². The van der Waals surface area contributed by atoms with Crippen molar-refractivity contribution in [2.75, 3.05) is 6.54 Å². The number of carbonyl (C=O) groups excluding carboxylic acids is 1. The molecule has 0 fully saturated rings. The number of ketones is 1. The van der Waals surface area contributed by atoms with Crippen molar-refractivity contribution < 1.29 is 17.6 Å². The van der Waals surface area contributed by atoms with Gasteiger partial charge in [-0.25, -0.2) is 17.5 Å². The minimum atomic E-state index is -3.89. The van der Waals surface area contributed by atoms with Crippen LogP contribution in [0.5, 0.6) is 0 Å². The first kappa shape index (κ1) is 16.3. The van der Waals surface area contributed by atoms with Crippen LogP contribution in [0.1, 0.15) is 23.2 Å². The standard InChI is InChI=1S/C16H16FNO3S/c17-14-9-4-5-11-16(14)22(20,21)18-12-6-10-15(19)13-7-2-1-3-8-13/h1-5,7-9,11,18H,6,10,12H2. The van der Waals surface area contributed by atoms with Crippen LogP contribution in [0.3, 0.4) is 0 Å². The van der Waals surface area contributed by atoms with Gasteiger partial charge in [0.25, 0.3) is 0 Å². The molecule has 0 aliphatic carbocycles. The van der Waals surface area contributed by atoms with E-state index in [2.05, 4.69) is 4.72 Å². The lowest BCUT2D eigenvalue weighted by Crippen LogP contribution is -2.26. The molecule has 2 aromatic rings. The van der Waals surface area contributed by atoms with Crippen LogP contribution in [-0.4, -0.2) is 20.7 Å². The van der Waals surface area contributed by atoms with Crippen molar-refractivity contribution in [2.45, 2.75) is 17.7 Å². The second kappa shape index (κ2) is 7.29. The van der Waals surface area contributed by atoms with Crippen molar-refractivity contribution in [1.82, 2.24) is 4.72 Å². The van der Waals surface area contributed by atoms with Crippen LogP contribution < -0.4 is 4.72 Å². The van der Waals surface area contributed by atoms with Crippen molar-refractivity contribution in [2.24, 2.45) is 0 Å². The van der Waals surface area contributed by atoms with Crippen molar-refractivity contribution >= 4 is 15.8 Å². The van der Waals surface area contributed by atoms with Crippen LogP contribution in [0.4, 0.5) is 4.39 Å². The largest absolute Gasteiger partial charge is 0.294 e. The summed E-state index contributed by atoms with van der Waals surface area (Å²) in [6.45, 7) is 0.0786. The molecule has 2 rings (SSSR count). The molecule has 6 heteroatoms. The highest BCUT2D eigenvalue weighted by Crippen LogP contribution is 2.13. The Morgan fingerprint density at radius 1 is 1.00 bits per heavy atom. The van der Waals surface area contributed by atoms with E-state index in [1.165, 1.54) is 18.2 Å². The Morgan fingerprint density at radius 2 is 1.64 bits per heavy atom. The Bertz CT molecular complexity index is 745. The van der Waals surface area contributed by atoms with E-state index in [4.69, 9.17) is 0 Å². The highest BCUT2D eigenvalue weighted by atomic mass is 32.2. The van der Waals surface area contributed by atoms with E-state index in [1.807, 2.05) is 6.07 Å². The fraction of sp³-hybridized carbons (Fsp3) is 0.188. The summed E-state index contributed by atoms with van der Waals surface area (Å²) in [4.78, 5) is 11.5. The lowest BCUT2D eigenvalue weighted by atomic mass is 10.1. The van der Waals surface area contributed by atoms with E-state index in [-0.39, 0.29) is 23.6 Å². The highest BCUT2D eigenvalue weighted by Gasteiger charge is 2.17. The number of rotatable bonds is 7. The second-order valence-electron chi connectivity index (χ2n) is 4.72. The Hall–Kier alpha value is -2.05. The molecule has 0 amide bonds. The minimum Gasteiger partial charge on any atom is -0.294 e. The van der Waals surface area contributed by atoms with Crippen molar-refractivity contribution in [3.05, 3.63) is 66.0 Å². The van der Waals surface area contributed by atoms with Gasteiger partial charge in [-0.05, 0) is 18.6 Å². The number of carbonyl (C=O) groups is 1. The van der Waals surface area contributed by atoms with Crippen LogP contribution in [0, 0.1) is 5.82 Å². The molecular weight excluding hydrogens is 305 g/mol. The average molecular weight is 321 g/mol. The van der Waals surface area contributed by atoms with Crippen molar-refractivity contribution in [3.63, 3.8) is 0 Å². The predicted octanol–water partition coefficient (Wildman–Crippen LogP) is 2.77. The minimum absolute atomic E-state index is 0.0503. The van der Waals surface area contributed by atoms with Gasteiger partial charge in [-0.1, -0.05) is 42.5 Å². The van der Waals surface area contributed by atoms with Crippen LogP contribution in [-0.2, 0) is 10.0 Å². The summed E-state index contributed by atoms with van der Waals surface area (Å²) in [5.74, 6) is -0.846. The third-order valence-corrected chi connectivity index (χ3v) is 4.59. The van der Waals surface area contributed by atoms with E-state index in [1.54, 1.807) is 24.3 Å². The van der Waals surface area contributed by atoms with Gasteiger partial charge in [0.05, 0.1) is 0 Å². The van der Waals surface area contributed by atoms with Gasteiger partial charge in [-0.15, -0.1) is 0 Å². The number of hydrogen-bond donors (Lipinski definition) is 1. The molecule has 0 bridgehead atoms. The van der Waals surface area contributed by atoms with Gasteiger partial charge in [0.2, 0.25) is 10.0 Å². The maximum atomic E-state index is 13.5. The van der Waals surface area contributed by atoms with Gasteiger partial charge < -0.3 is 0 Å². The molecule has 0 radical (unpaired) electrons. The first-order valence-electron chi connectivity index (χ1n) is 6.83. The Balaban J connectivity index is 1.86. The maximum absolute atomic E-state index is 13.5. The zero-order chi connectivity index (χ0) is 16.0. The van der Waals surface area contributed by atoms with E-state index < -0.39 is 15.8 Å². The molecule has 0 aliphatic heterocycles. The molecule has 116 valence electrons. The van der Waals surface area contributed by atoms with Crippen LogP contribution >= 0.6 is 0 Å². The number of halogens is 1. The average Bonchev–Trinajstić information content (AvgIpc) is 2.52. The summed E-state index contributed by atoms with van der Waals surface area (Å²) >= 11 is 0. The first-order chi connectivity index (χ1) is 10.5. The van der Waals surface area contributed by atoms with E-state index in [0.29, 0.717) is 12.0 Å². The predicted molar refractivity (Wildman–Crippen MR) is 81.6 cm³/mol. The third-order valence-electron chi connectivity index (χ3n) is 3.09. The molecule has 0 heterocycles. The lowest BCUT2D eigenvalue weighted by Gasteiger charge is -2.07. The molecule has 2 aromatic carbocycles. The normalized spacial score (nSPS) is 11.3. The topological polar surface area (TPSA) is 63.2 Å². The molecule has 0 spiro atoms. The number of nitrogens with one attached hydrogen (secondary N) is 1. The summed E-state index contributed by atoms with van der Waals surface area (Å²) in [6.07, 6.45) is 0.575. The zero-order valence-corrected chi connectivity index (χ0v) is 12.6. The Kier molecular flexibility index (Phi) is 5.41. The highest BCUT2D eigenvalue weighted by molar-refractivity contribution is 7.89. The third kappa shape index (κ3) is 4.22. The molecule has 4 nitrogen and oxygen atoms in total. The van der Waals surface area contributed by atoms with E-state index >= 15 is 0 Å². The SMILES string of the molecule is O=C(CCCNS(=O)(=O)c1ccccc1F)c1ccccc1. The monoisotopic (exact) mass is 321 g/mol. The van der Waals surface area contributed by atoms with E-state index in [9.17, 15) is 17.6 Å². The smallest absolute Gasteiger partial charge is 0.243 e. The number of benzene rings is 2. The summed E-state index contributed by atoms with van der Waals surface area (Å²) in [7, 11) is -3.89. The van der Waals surface area contributed by atoms with Crippen molar-refractivity contribution in [1.29, 1.82) is 0 Å². The summed E-state index contributed by atoms with van der Waals surface area (Å²) in [5.41, 5.74) is 0.597. The van der Waals surface area contributed by atoms with Gasteiger partial charge in [-0.3, -0.25) is 4.79 Å². The van der Waals surface area contributed by atoms with Gasteiger partial charge >= 0.3 is 0 Å². The van der Waals surface area contributed by atoms with Crippen LogP contribution in [0.25, 0.3) is 0 Å². The summed E-state index contributed by atoms with van der Waals surface area (Å²) in [5, 5.41) is 0. The molecule has 22 heavy (non-hydrogen) atoms. The molecule has 0 unspecified atom stereocenters.